The Balaban J connectivity index is 1.57. The minimum atomic E-state index is -0.832. The number of nitrogens with zero attached hydrogens (tertiary/aromatic N) is 3. The Labute approximate surface area is 177 Å². The average Bonchev–Trinajstić information content (AvgIpc) is 3.37. The van der Waals surface area contributed by atoms with Gasteiger partial charge in [0.05, 0.1) is 28.2 Å². The first-order valence-corrected chi connectivity index (χ1v) is 10.1. The van der Waals surface area contributed by atoms with Gasteiger partial charge in [-0.1, -0.05) is 24.3 Å². The van der Waals surface area contributed by atoms with Gasteiger partial charge in [0.2, 0.25) is 17.8 Å². The highest BCUT2D eigenvalue weighted by atomic mass is 16.2. The summed E-state index contributed by atoms with van der Waals surface area (Å²) in [5.41, 5.74) is 4.34. The molecule has 0 saturated carbocycles. The largest absolute Gasteiger partial charge is 0.322 e. The molecule has 8 nitrogen and oxygen atoms in total. The molecular formula is C23H21N5O3. The number of carbonyl (C=O) groups is 2. The van der Waals surface area contributed by atoms with E-state index in [0.29, 0.717) is 22.9 Å². The Hall–Kier alpha value is -3.94. The third-order valence-corrected chi connectivity index (χ3v) is 5.81. The van der Waals surface area contributed by atoms with Gasteiger partial charge in [0.1, 0.15) is 0 Å². The molecule has 2 amide bonds. The molecule has 3 heterocycles. The molecule has 1 unspecified atom stereocenters. The number of fused-ring (bicyclic) bond motifs is 1. The van der Waals surface area contributed by atoms with Gasteiger partial charge in [-0.05, 0) is 50.1 Å². The van der Waals surface area contributed by atoms with E-state index in [0.717, 1.165) is 22.2 Å². The Morgan fingerprint density at radius 1 is 1.03 bits per heavy atom. The van der Waals surface area contributed by atoms with Gasteiger partial charge in [0, 0.05) is 12.1 Å². The fraction of sp³-hybridized carbons (Fsp3) is 0.217. The zero-order chi connectivity index (χ0) is 21.9. The number of aromatic nitrogens is 4. The molecule has 0 radical (unpaired) electrons. The van der Waals surface area contributed by atoms with Crippen molar-refractivity contribution in [2.24, 2.45) is 0 Å². The van der Waals surface area contributed by atoms with Crippen LogP contribution < -0.4 is 10.5 Å². The second-order valence-corrected chi connectivity index (χ2v) is 7.98. The molecule has 5 rings (SSSR count). The molecule has 1 fully saturated rings. The van der Waals surface area contributed by atoms with Gasteiger partial charge >= 0.3 is 0 Å². The number of para-hydroxylation sites is 2. The van der Waals surface area contributed by atoms with Crippen molar-refractivity contribution in [2.45, 2.75) is 33.1 Å². The third-order valence-electron chi connectivity index (χ3n) is 5.81. The fourth-order valence-electron chi connectivity index (χ4n) is 4.24. The minimum absolute atomic E-state index is 0.0414. The van der Waals surface area contributed by atoms with E-state index in [4.69, 9.17) is 0 Å². The molecule has 156 valence electrons. The number of anilines is 1. The maximum absolute atomic E-state index is 13.3. The number of H-pyrrole nitrogens is 2. The predicted molar refractivity (Wildman–Crippen MR) is 117 cm³/mol. The van der Waals surface area contributed by atoms with Gasteiger partial charge in [0.25, 0.3) is 5.56 Å². The van der Waals surface area contributed by atoms with E-state index >= 15 is 0 Å². The van der Waals surface area contributed by atoms with Crippen LogP contribution in [0.4, 0.5) is 5.69 Å². The highest BCUT2D eigenvalue weighted by molar-refractivity contribution is 6.23. The lowest BCUT2D eigenvalue weighted by Crippen LogP contribution is -2.31. The Kier molecular flexibility index (Phi) is 4.18. The van der Waals surface area contributed by atoms with Crippen LogP contribution in [0, 0.1) is 20.8 Å². The molecule has 1 aliphatic rings. The van der Waals surface area contributed by atoms with Gasteiger partial charge in [-0.15, -0.1) is 0 Å². The fourth-order valence-corrected chi connectivity index (χ4v) is 4.24. The van der Waals surface area contributed by atoms with E-state index in [9.17, 15) is 14.4 Å². The molecule has 31 heavy (non-hydrogen) atoms. The van der Waals surface area contributed by atoms with Crippen molar-refractivity contribution in [2.75, 3.05) is 4.90 Å². The molecule has 4 aromatic rings. The summed E-state index contributed by atoms with van der Waals surface area (Å²) in [6.07, 6.45) is -0.0414. The van der Waals surface area contributed by atoms with Gasteiger partial charge in [-0.3, -0.25) is 19.5 Å². The predicted octanol–water partition coefficient (Wildman–Crippen LogP) is 3.01. The number of aromatic amines is 2. The number of benzene rings is 2. The van der Waals surface area contributed by atoms with E-state index < -0.39 is 5.92 Å². The molecule has 1 atom stereocenters. The smallest absolute Gasteiger partial charge is 0.278 e. The second-order valence-electron chi connectivity index (χ2n) is 7.98. The summed E-state index contributed by atoms with van der Waals surface area (Å²) < 4.78 is 1.29. The molecule has 0 bridgehead atoms. The van der Waals surface area contributed by atoms with Crippen LogP contribution in [0.2, 0.25) is 0 Å². The number of aryl methyl sites for hydroxylation is 3. The van der Waals surface area contributed by atoms with Crippen molar-refractivity contribution in [1.29, 1.82) is 0 Å². The summed E-state index contributed by atoms with van der Waals surface area (Å²) >= 11 is 0. The molecule has 1 saturated heterocycles. The van der Waals surface area contributed by atoms with Crippen LogP contribution in [-0.2, 0) is 9.59 Å². The van der Waals surface area contributed by atoms with E-state index in [1.165, 1.54) is 9.58 Å². The van der Waals surface area contributed by atoms with Crippen molar-refractivity contribution in [1.82, 2.24) is 19.7 Å². The molecule has 2 aromatic heterocycles. The van der Waals surface area contributed by atoms with Crippen molar-refractivity contribution in [3.8, 4) is 5.95 Å². The van der Waals surface area contributed by atoms with Crippen LogP contribution in [0.1, 0.15) is 34.7 Å². The number of rotatable bonds is 3. The van der Waals surface area contributed by atoms with Gasteiger partial charge < -0.3 is 4.98 Å². The van der Waals surface area contributed by atoms with Crippen LogP contribution in [0.3, 0.4) is 0 Å². The first-order chi connectivity index (χ1) is 14.8. The molecule has 2 N–H and O–H groups in total. The van der Waals surface area contributed by atoms with Gasteiger partial charge in [0.15, 0.2) is 0 Å². The van der Waals surface area contributed by atoms with Crippen LogP contribution in [0.15, 0.2) is 47.3 Å². The molecular weight excluding hydrogens is 394 g/mol. The maximum Gasteiger partial charge on any atom is 0.278 e. The highest BCUT2D eigenvalue weighted by Crippen LogP contribution is 2.35. The SMILES string of the molecule is Cc1ccc(C)c(N2C(=O)CC(c3c(C)[nH]n(-c4nc5ccccc5[nH]4)c3=O)C2=O)c1. The second kappa shape index (κ2) is 6.80. The van der Waals surface area contributed by atoms with E-state index in [-0.39, 0.29) is 23.8 Å². The van der Waals surface area contributed by atoms with Crippen molar-refractivity contribution in [3.63, 3.8) is 0 Å². The van der Waals surface area contributed by atoms with Crippen molar-refractivity contribution in [3.05, 3.63) is 75.2 Å². The Morgan fingerprint density at radius 2 is 1.81 bits per heavy atom. The first kappa shape index (κ1) is 19.0. The van der Waals surface area contributed by atoms with E-state index in [2.05, 4.69) is 15.1 Å². The number of amides is 2. The monoisotopic (exact) mass is 415 g/mol. The number of imide groups is 1. The highest BCUT2D eigenvalue weighted by Gasteiger charge is 2.43. The number of hydrogen-bond acceptors (Lipinski definition) is 4. The lowest BCUT2D eigenvalue weighted by Gasteiger charge is -2.18. The molecule has 2 aromatic carbocycles. The zero-order valence-electron chi connectivity index (χ0n) is 17.4. The molecule has 1 aliphatic heterocycles. The lowest BCUT2D eigenvalue weighted by atomic mass is 9.98. The lowest BCUT2D eigenvalue weighted by molar-refractivity contribution is -0.121. The van der Waals surface area contributed by atoms with Crippen molar-refractivity contribution < 1.29 is 9.59 Å². The van der Waals surface area contributed by atoms with Gasteiger partial charge in [-0.25, -0.2) is 9.88 Å². The molecule has 8 heteroatoms. The normalized spacial score (nSPS) is 16.6. The summed E-state index contributed by atoms with van der Waals surface area (Å²) in [5, 5.41) is 3.01. The Morgan fingerprint density at radius 3 is 2.58 bits per heavy atom. The van der Waals surface area contributed by atoms with Crippen LogP contribution in [0.25, 0.3) is 17.0 Å². The maximum atomic E-state index is 13.3. The Bertz CT molecular complexity index is 1390. The summed E-state index contributed by atoms with van der Waals surface area (Å²) in [6.45, 7) is 5.50. The molecule has 0 spiro atoms. The summed E-state index contributed by atoms with van der Waals surface area (Å²) in [6, 6.07) is 13.1. The minimum Gasteiger partial charge on any atom is -0.322 e. The number of carbonyl (C=O) groups excluding carboxylic acids is 2. The quantitative estimate of drug-likeness (QED) is 0.502. The van der Waals surface area contributed by atoms with Crippen LogP contribution in [-0.4, -0.2) is 31.6 Å². The van der Waals surface area contributed by atoms with E-state index in [1.807, 2.05) is 56.3 Å². The zero-order valence-corrected chi connectivity index (χ0v) is 17.4. The first-order valence-electron chi connectivity index (χ1n) is 10.1. The van der Waals surface area contributed by atoms with E-state index in [1.54, 1.807) is 6.92 Å². The average molecular weight is 415 g/mol. The number of hydrogen-bond donors (Lipinski definition) is 2. The number of imidazole rings is 1. The van der Waals surface area contributed by atoms with Crippen LogP contribution >= 0.6 is 0 Å². The topological polar surface area (TPSA) is 104 Å². The summed E-state index contributed by atoms with van der Waals surface area (Å²) in [7, 11) is 0. The van der Waals surface area contributed by atoms with Crippen LogP contribution in [0.5, 0.6) is 0 Å². The standard InChI is InChI=1S/C23H21N5O3/c1-12-8-9-13(2)18(10-12)27-19(29)11-15(21(27)30)20-14(3)26-28(22(20)31)23-24-16-6-4-5-7-17(16)25-23/h4-10,15,26H,11H2,1-3H3,(H,24,25). The summed E-state index contributed by atoms with van der Waals surface area (Å²) in [5.74, 6) is -1.18. The van der Waals surface area contributed by atoms with Gasteiger partial charge in [-0.2, -0.15) is 4.68 Å². The third kappa shape index (κ3) is 2.91. The number of nitrogens with one attached hydrogen (secondary N) is 2. The summed E-state index contributed by atoms with van der Waals surface area (Å²) in [4.78, 5) is 48.1. The van der Waals surface area contributed by atoms with Crippen molar-refractivity contribution >= 4 is 28.5 Å². The molecule has 0 aliphatic carbocycles.